The van der Waals surface area contributed by atoms with Crippen molar-refractivity contribution < 1.29 is 14.7 Å². The Hall–Kier alpha value is -4.06. The molecular weight excluding hydrogens is 538 g/mol. The van der Waals surface area contributed by atoms with E-state index in [0.29, 0.717) is 41.6 Å². The highest BCUT2D eigenvalue weighted by Crippen LogP contribution is 2.30. The van der Waals surface area contributed by atoms with Gasteiger partial charge < -0.3 is 21.5 Å². The fourth-order valence-electron chi connectivity index (χ4n) is 4.07. The maximum atomic E-state index is 13.1. The molecule has 4 aromatic rings. The number of nitrogens with two attached hydrogens (primary N) is 1. The minimum Gasteiger partial charge on any atom is -0.396 e. The maximum Gasteiger partial charge on any atom is 0.270 e. The van der Waals surface area contributed by atoms with Crippen LogP contribution in [-0.2, 0) is 6.54 Å². The first-order valence-electron chi connectivity index (χ1n) is 13.3. The summed E-state index contributed by atoms with van der Waals surface area (Å²) in [4.78, 5) is 39.4. The van der Waals surface area contributed by atoms with Crippen LogP contribution in [0.1, 0.15) is 53.1 Å². The van der Waals surface area contributed by atoms with Crippen molar-refractivity contribution in [3.8, 4) is 11.3 Å². The van der Waals surface area contributed by atoms with Crippen LogP contribution < -0.4 is 16.4 Å². The minimum atomic E-state index is -0.308. The Kier molecular flexibility index (Phi) is 12.0. The van der Waals surface area contributed by atoms with E-state index in [2.05, 4.69) is 46.2 Å². The number of aromatic nitrogens is 3. The van der Waals surface area contributed by atoms with Crippen LogP contribution >= 0.6 is 11.8 Å². The molecule has 0 spiro atoms. The topological polar surface area (TPSA) is 147 Å². The van der Waals surface area contributed by atoms with Gasteiger partial charge in [0.05, 0.1) is 11.3 Å². The van der Waals surface area contributed by atoms with Crippen molar-refractivity contribution in [1.29, 1.82) is 0 Å². The summed E-state index contributed by atoms with van der Waals surface area (Å²) in [5.41, 5.74) is 9.59. The molecule has 0 aliphatic carbocycles. The van der Waals surface area contributed by atoms with Gasteiger partial charge in [0, 0.05) is 55.1 Å². The van der Waals surface area contributed by atoms with Gasteiger partial charge in [0.15, 0.2) is 5.65 Å². The molecule has 11 heteroatoms. The first-order chi connectivity index (χ1) is 19.8. The van der Waals surface area contributed by atoms with Gasteiger partial charge in [-0.25, -0.2) is 4.98 Å². The fraction of sp³-hybridized carbons (Fsp3) is 0.300. The second-order valence-corrected chi connectivity index (χ2v) is 10.5. The third-order valence-corrected chi connectivity index (χ3v) is 6.92. The SMILES string of the molecule is C=Nc1ccc(CNC(=O)c2cccn3c(C(=O)NC)c(-c4ccncc4)nc23)cc1SCN.CC(C)CCCO. The molecule has 216 valence electrons. The highest BCUT2D eigenvalue weighted by atomic mass is 32.2. The summed E-state index contributed by atoms with van der Waals surface area (Å²) in [7, 11) is 1.55. The predicted octanol–water partition coefficient (Wildman–Crippen LogP) is 4.44. The Bertz CT molecular complexity index is 1470. The van der Waals surface area contributed by atoms with Gasteiger partial charge in [-0.15, -0.1) is 11.8 Å². The Balaban J connectivity index is 0.000000587. The van der Waals surface area contributed by atoms with Gasteiger partial charge in [-0.1, -0.05) is 19.9 Å². The summed E-state index contributed by atoms with van der Waals surface area (Å²) in [6, 6.07) is 12.6. The van der Waals surface area contributed by atoms with Crippen LogP contribution in [0.2, 0.25) is 0 Å². The number of nitrogens with zero attached hydrogens (tertiary/aromatic N) is 4. The number of hydrogen-bond acceptors (Lipinski definition) is 8. The molecule has 0 saturated heterocycles. The lowest BCUT2D eigenvalue weighted by Gasteiger charge is -2.10. The van der Waals surface area contributed by atoms with E-state index < -0.39 is 0 Å². The van der Waals surface area contributed by atoms with Gasteiger partial charge in [0.1, 0.15) is 11.4 Å². The number of carbonyl (C=O) groups excluding carboxylic acids is 2. The second kappa shape index (κ2) is 15.7. The average molecular weight is 576 g/mol. The normalized spacial score (nSPS) is 10.7. The van der Waals surface area contributed by atoms with Crippen LogP contribution in [0.25, 0.3) is 16.9 Å². The van der Waals surface area contributed by atoms with E-state index in [0.717, 1.165) is 40.5 Å². The predicted molar refractivity (Wildman–Crippen MR) is 165 cm³/mol. The van der Waals surface area contributed by atoms with Crippen LogP contribution in [0.4, 0.5) is 5.69 Å². The zero-order valence-electron chi connectivity index (χ0n) is 23.6. The molecule has 0 saturated carbocycles. The van der Waals surface area contributed by atoms with E-state index in [4.69, 9.17) is 10.8 Å². The molecule has 0 fully saturated rings. The quantitative estimate of drug-likeness (QED) is 0.117. The molecule has 0 aliphatic heterocycles. The van der Waals surface area contributed by atoms with E-state index in [9.17, 15) is 9.59 Å². The molecule has 0 radical (unpaired) electrons. The summed E-state index contributed by atoms with van der Waals surface area (Å²) >= 11 is 1.46. The smallest absolute Gasteiger partial charge is 0.270 e. The molecule has 2 amide bonds. The largest absolute Gasteiger partial charge is 0.396 e. The summed E-state index contributed by atoms with van der Waals surface area (Å²) in [6.45, 7) is 8.55. The number of aliphatic hydroxyl groups is 1. The molecule has 10 nitrogen and oxygen atoms in total. The van der Waals surface area contributed by atoms with E-state index in [-0.39, 0.29) is 11.8 Å². The van der Waals surface area contributed by atoms with Crippen LogP contribution in [0.3, 0.4) is 0 Å². The monoisotopic (exact) mass is 575 g/mol. The highest BCUT2D eigenvalue weighted by molar-refractivity contribution is 7.99. The van der Waals surface area contributed by atoms with Gasteiger partial charge in [0.25, 0.3) is 11.8 Å². The number of rotatable bonds is 11. The molecule has 0 unspecified atom stereocenters. The van der Waals surface area contributed by atoms with Crippen LogP contribution in [0, 0.1) is 5.92 Å². The highest BCUT2D eigenvalue weighted by Gasteiger charge is 2.23. The number of pyridine rings is 2. The number of amides is 2. The molecule has 0 bridgehead atoms. The number of nitrogens with one attached hydrogen (secondary N) is 2. The summed E-state index contributed by atoms with van der Waals surface area (Å²) in [5.74, 6) is 0.539. The molecule has 0 atom stereocenters. The Labute approximate surface area is 244 Å². The number of hydrogen-bond donors (Lipinski definition) is 4. The van der Waals surface area contributed by atoms with Crippen molar-refractivity contribution in [2.24, 2.45) is 16.6 Å². The van der Waals surface area contributed by atoms with E-state index in [1.807, 2.05) is 18.2 Å². The summed E-state index contributed by atoms with van der Waals surface area (Å²) < 4.78 is 1.63. The lowest BCUT2D eigenvalue weighted by atomic mass is 10.1. The van der Waals surface area contributed by atoms with Crippen molar-refractivity contribution in [3.05, 3.63) is 77.9 Å². The van der Waals surface area contributed by atoms with Crippen molar-refractivity contribution in [3.63, 3.8) is 0 Å². The first kappa shape index (κ1) is 31.5. The lowest BCUT2D eigenvalue weighted by Crippen LogP contribution is -2.24. The van der Waals surface area contributed by atoms with E-state index >= 15 is 0 Å². The average Bonchev–Trinajstić information content (AvgIpc) is 3.39. The maximum absolute atomic E-state index is 13.1. The number of imidazole rings is 1. The zero-order chi connectivity index (χ0) is 29.8. The van der Waals surface area contributed by atoms with Crippen molar-refractivity contribution >= 4 is 41.6 Å². The van der Waals surface area contributed by atoms with Crippen LogP contribution in [-0.4, -0.2) is 57.5 Å². The number of aliphatic imine (C=N–C) groups is 1. The Morgan fingerprint density at radius 2 is 1.93 bits per heavy atom. The third-order valence-electron chi connectivity index (χ3n) is 6.12. The van der Waals surface area contributed by atoms with E-state index in [1.54, 1.807) is 54.3 Å². The van der Waals surface area contributed by atoms with Gasteiger partial charge in [-0.2, -0.15) is 0 Å². The fourth-order valence-corrected chi connectivity index (χ4v) is 4.77. The minimum absolute atomic E-state index is 0.301. The number of fused-ring (bicyclic) bond motifs is 1. The lowest BCUT2D eigenvalue weighted by molar-refractivity contribution is 0.0944. The molecule has 3 heterocycles. The third kappa shape index (κ3) is 8.23. The molecule has 0 aliphatic rings. The van der Waals surface area contributed by atoms with Crippen molar-refractivity contribution in [2.75, 3.05) is 19.5 Å². The molecular formula is C30H37N7O3S. The second-order valence-electron chi connectivity index (χ2n) is 9.45. The van der Waals surface area contributed by atoms with E-state index in [1.165, 1.54) is 11.8 Å². The molecule has 5 N–H and O–H groups in total. The molecule has 1 aromatic carbocycles. The summed E-state index contributed by atoms with van der Waals surface area (Å²) in [5, 5.41) is 13.9. The standard InChI is InChI=1S/C24H23N7O2S.C6H14O/c1-26-18-6-5-15(12-19(18)34-14-25)13-29-23(32)17-4-3-11-31-21(24(33)27-2)20(30-22(17)31)16-7-9-28-10-8-16;1-6(2)4-3-5-7/h3-12H,1,13-14,25H2,2H3,(H,27,33)(H,29,32);6-7H,3-5H2,1-2H3. The molecule has 3 aromatic heterocycles. The summed E-state index contributed by atoms with van der Waals surface area (Å²) in [6.07, 6.45) is 7.08. The van der Waals surface area contributed by atoms with Crippen molar-refractivity contribution in [2.45, 2.75) is 38.1 Å². The van der Waals surface area contributed by atoms with Crippen LogP contribution in [0.15, 0.2) is 70.9 Å². The number of benzene rings is 1. The molecule has 4 rings (SSSR count). The molecule has 41 heavy (non-hydrogen) atoms. The number of carbonyl (C=O) groups is 2. The number of aliphatic hydroxyl groups excluding tert-OH is 1. The van der Waals surface area contributed by atoms with Crippen molar-refractivity contribution in [1.82, 2.24) is 25.0 Å². The first-order valence-corrected chi connectivity index (χ1v) is 14.3. The number of thioether (sulfide) groups is 1. The Morgan fingerprint density at radius 3 is 2.54 bits per heavy atom. The zero-order valence-corrected chi connectivity index (χ0v) is 24.4. The Morgan fingerprint density at radius 1 is 1.17 bits per heavy atom. The van der Waals surface area contributed by atoms with Gasteiger partial charge >= 0.3 is 0 Å². The van der Waals surface area contributed by atoms with Gasteiger partial charge in [-0.3, -0.25) is 24.0 Å². The van der Waals surface area contributed by atoms with Gasteiger partial charge in [-0.05, 0) is 67.4 Å². The van der Waals surface area contributed by atoms with Crippen LogP contribution in [0.5, 0.6) is 0 Å². The van der Waals surface area contributed by atoms with Gasteiger partial charge in [0.2, 0.25) is 0 Å².